The van der Waals surface area contributed by atoms with Gasteiger partial charge in [-0.15, -0.1) is 0 Å². The Morgan fingerprint density at radius 3 is 2.71 bits per heavy atom. The quantitative estimate of drug-likeness (QED) is 0.516. The molecule has 2 unspecified atom stereocenters. The zero-order valence-electron chi connectivity index (χ0n) is 19.0. The minimum absolute atomic E-state index is 0.0760. The van der Waals surface area contributed by atoms with Crippen molar-refractivity contribution in [1.82, 2.24) is 0 Å². The van der Waals surface area contributed by atoms with Crippen LogP contribution in [0.5, 0.6) is 0 Å². The van der Waals surface area contributed by atoms with Crippen LogP contribution in [0.3, 0.4) is 0 Å². The normalized spacial score (nSPS) is 51.7. The summed E-state index contributed by atoms with van der Waals surface area (Å²) in [5.41, 5.74) is -0.585. The number of aldehydes is 1. The van der Waals surface area contributed by atoms with Crippen LogP contribution in [-0.4, -0.2) is 29.2 Å². The lowest BCUT2D eigenvalue weighted by Gasteiger charge is -2.58. The number of aliphatic carboxylic acids is 1. The first kappa shape index (κ1) is 20.0. The van der Waals surface area contributed by atoms with Crippen LogP contribution in [-0.2, 0) is 14.4 Å². The third-order valence-electron chi connectivity index (χ3n) is 10.7. The fraction of sp³-hybridized carbons (Fsp3) is 0.808. The number of allylic oxidation sites excluding steroid dienone is 1. The van der Waals surface area contributed by atoms with Crippen molar-refractivity contribution in [3.63, 3.8) is 0 Å². The minimum Gasteiger partial charge on any atom is -0.481 e. The number of oxime groups is 1. The van der Waals surface area contributed by atoms with E-state index in [-0.39, 0.29) is 29.8 Å². The molecule has 0 radical (unpaired) electrons. The molecule has 0 aromatic heterocycles. The fourth-order valence-electron chi connectivity index (χ4n) is 9.80. The highest BCUT2D eigenvalue weighted by Crippen LogP contribution is 2.83. The first-order chi connectivity index (χ1) is 14.8. The first-order valence-electron chi connectivity index (χ1n) is 12.5. The second-order valence-corrected chi connectivity index (χ2v) is 11.8. The van der Waals surface area contributed by atoms with E-state index >= 15 is 0 Å². The van der Waals surface area contributed by atoms with Crippen molar-refractivity contribution in [2.75, 3.05) is 0 Å². The fourth-order valence-corrected chi connectivity index (χ4v) is 9.80. The van der Waals surface area contributed by atoms with E-state index in [9.17, 15) is 14.7 Å². The predicted molar refractivity (Wildman–Crippen MR) is 116 cm³/mol. The molecule has 168 valence electrons. The standard InChI is InChI=1S/C26H35NO4/c1-14(2)20-10-16-11-24(13-28)19-9-8-15(3)18(19)12-25(16,26(20,24)23(29)30)22-17-6-4-5-7-21(17)31-27-22/h10,13-19,21H,4-9,11-12H2,1-3H3,(H,29,30)/t15-,16-,17?,18-,19-,21?,24+,25-,26+/m1/s1. The van der Waals surface area contributed by atoms with Crippen LogP contribution < -0.4 is 0 Å². The van der Waals surface area contributed by atoms with Gasteiger partial charge in [-0.3, -0.25) is 4.79 Å². The Bertz CT molecular complexity index is 907. The highest BCUT2D eigenvalue weighted by atomic mass is 16.6. The van der Waals surface area contributed by atoms with E-state index in [1.165, 1.54) is 0 Å². The Morgan fingerprint density at radius 1 is 1.23 bits per heavy atom. The van der Waals surface area contributed by atoms with E-state index < -0.39 is 22.2 Å². The van der Waals surface area contributed by atoms with Gasteiger partial charge in [0.25, 0.3) is 0 Å². The van der Waals surface area contributed by atoms with Gasteiger partial charge < -0.3 is 14.7 Å². The van der Waals surface area contributed by atoms with Crippen molar-refractivity contribution in [2.45, 2.75) is 78.2 Å². The van der Waals surface area contributed by atoms with Gasteiger partial charge in [-0.05, 0) is 68.1 Å². The van der Waals surface area contributed by atoms with Gasteiger partial charge in [-0.25, -0.2) is 0 Å². The van der Waals surface area contributed by atoms with Crippen molar-refractivity contribution in [3.8, 4) is 0 Å². The summed E-state index contributed by atoms with van der Waals surface area (Å²) in [6, 6.07) is 0. The van der Waals surface area contributed by atoms with Crippen LogP contribution in [0.25, 0.3) is 0 Å². The highest BCUT2D eigenvalue weighted by Gasteiger charge is 2.86. The first-order valence-corrected chi connectivity index (χ1v) is 12.5. The number of rotatable bonds is 4. The van der Waals surface area contributed by atoms with Crippen LogP contribution in [0.1, 0.15) is 72.1 Å². The average Bonchev–Trinajstić information content (AvgIpc) is 3.46. The summed E-state index contributed by atoms with van der Waals surface area (Å²) in [5, 5.41) is 15.9. The van der Waals surface area contributed by atoms with Gasteiger partial charge in [0, 0.05) is 11.3 Å². The maximum atomic E-state index is 13.6. The summed E-state index contributed by atoms with van der Waals surface area (Å²) < 4.78 is 0. The van der Waals surface area contributed by atoms with Gasteiger partial charge in [0.15, 0.2) is 0 Å². The number of carboxylic acid groups (broad SMARTS) is 1. The number of hydrogen-bond acceptors (Lipinski definition) is 4. The van der Waals surface area contributed by atoms with Crippen LogP contribution in [0, 0.1) is 51.8 Å². The summed E-state index contributed by atoms with van der Waals surface area (Å²) in [6.45, 7) is 6.51. The zero-order valence-corrected chi connectivity index (χ0v) is 19.0. The van der Waals surface area contributed by atoms with Gasteiger partial charge >= 0.3 is 5.97 Å². The summed E-state index contributed by atoms with van der Waals surface area (Å²) in [6.07, 6.45) is 11.4. The molecule has 5 aliphatic carbocycles. The summed E-state index contributed by atoms with van der Waals surface area (Å²) in [4.78, 5) is 32.7. The molecule has 31 heavy (non-hydrogen) atoms. The number of fused-ring (bicyclic) bond motifs is 3. The van der Waals surface area contributed by atoms with Gasteiger partial charge in [0.2, 0.25) is 0 Å². The summed E-state index contributed by atoms with van der Waals surface area (Å²) >= 11 is 0. The van der Waals surface area contributed by atoms with Gasteiger partial charge in [-0.2, -0.15) is 0 Å². The van der Waals surface area contributed by atoms with E-state index in [1.807, 2.05) is 0 Å². The molecular weight excluding hydrogens is 390 g/mol. The van der Waals surface area contributed by atoms with Crippen LogP contribution in [0.4, 0.5) is 0 Å². The number of hydrogen-bond donors (Lipinski definition) is 1. The lowest BCUT2D eigenvalue weighted by Crippen LogP contribution is -2.65. The van der Waals surface area contributed by atoms with E-state index in [4.69, 9.17) is 9.99 Å². The number of carbonyl (C=O) groups is 2. The number of carboxylic acids is 1. The smallest absolute Gasteiger partial charge is 0.315 e. The zero-order chi connectivity index (χ0) is 21.8. The summed E-state index contributed by atoms with van der Waals surface area (Å²) in [5.74, 6) is 0.687. The molecule has 4 saturated carbocycles. The molecule has 9 atom stereocenters. The molecule has 5 heteroatoms. The van der Waals surface area contributed by atoms with Gasteiger partial charge in [0.05, 0.1) is 11.1 Å². The Kier molecular flexibility index (Phi) is 4.02. The molecule has 5 nitrogen and oxygen atoms in total. The monoisotopic (exact) mass is 425 g/mol. The SMILES string of the molecule is CC(C)C1=C[C@@H]2C[C@]3(C=O)[C@@H]4CC[C@@H](C)[C@H]4C[C@@]2(C2=NOC4CCCCC24)[C@]13C(=O)O. The molecule has 0 amide bonds. The average molecular weight is 426 g/mol. The Hall–Kier alpha value is -1.65. The molecule has 0 aromatic rings. The Morgan fingerprint density at radius 2 is 2.00 bits per heavy atom. The lowest BCUT2D eigenvalue weighted by molar-refractivity contribution is -0.173. The van der Waals surface area contributed by atoms with Crippen molar-refractivity contribution >= 4 is 18.0 Å². The van der Waals surface area contributed by atoms with Crippen molar-refractivity contribution in [3.05, 3.63) is 11.6 Å². The molecule has 6 rings (SSSR count). The molecule has 6 aliphatic rings. The van der Waals surface area contributed by atoms with Crippen LogP contribution >= 0.6 is 0 Å². The minimum atomic E-state index is -1.17. The third-order valence-corrected chi connectivity index (χ3v) is 10.7. The Labute approximate surface area is 184 Å². The van der Waals surface area contributed by atoms with E-state index in [2.05, 4.69) is 26.8 Å². The van der Waals surface area contributed by atoms with Crippen LogP contribution in [0.2, 0.25) is 0 Å². The predicted octanol–water partition coefficient (Wildman–Crippen LogP) is 4.86. The third kappa shape index (κ3) is 1.95. The lowest BCUT2D eigenvalue weighted by atomic mass is 9.41. The van der Waals surface area contributed by atoms with E-state index in [1.54, 1.807) is 0 Å². The van der Waals surface area contributed by atoms with E-state index in [0.29, 0.717) is 18.3 Å². The van der Waals surface area contributed by atoms with Crippen LogP contribution in [0.15, 0.2) is 16.8 Å². The molecular formula is C26H35NO4. The van der Waals surface area contributed by atoms with E-state index in [0.717, 1.165) is 62.5 Å². The molecule has 1 heterocycles. The largest absolute Gasteiger partial charge is 0.481 e. The molecule has 1 N–H and O–H groups in total. The van der Waals surface area contributed by atoms with Crippen molar-refractivity contribution < 1.29 is 19.5 Å². The number of carbonyl (C=O) groups excluding carboxylic acids is 1. The van der Waals surface area contributed by atoms with Gasteiger partial charge in [0.1, 0.15) is 17.8 Å². The Balaban J connectivity index is 1.63. The summed E-state index contributed by atoms with van der Waals surface area (Å²) in [7, 11) is 0. The topological polar surface area (TPSA) is 76.0 Å². The molecule has 4 bridgehead atoms. The second-order valence-electron chi connectivity index (χ2n) is 11.8. The highest BCUT2D eigenvalue weighted by molar-refractivity contribution is 6.04. The number of nitrogens with zero attached hydrogens (tertiary/aromatic N) is 1. The molecule has 1 aliphatic heterocycles. The molecule has 0 spiro atoms. The molecule has 0 saturated heterocycles. The van der Waals surface area contributed by atoms with Gasteiger partial charge in [-0.1, -0.05) is 50.4 Å². The van der Waals surface area contributed by atoms with Crippen molar-refractivity contribution in [2.24, 2.45) is 56.9 Å². The maximum absolute atomic E-state index is 13.6. The second kappa shape index (κ2) is 6.23. The molecule has 0 aromatic carbocycles. The van der Waals surface area contributed by atoms with Crippen molar-refractivity contribution in [1.29, 1.82) is 0 Å². The maximum Gasteiger partial charge on any atom is 0.315 e. The molecule has 4 fully saturated rings.